The van der Waals surface area contributed by atoms with Gasteiger partial charge in [-0.15, -0.1) is 0 Å². The molecule has 2 rings (SSSR count). The molecule has 1 aromatic rings. The Morgan fingerprint density at radius 2 is 1.87 bits per heavy atom. The van der Waals surface area contributed by atoms with Crippen LogP contribution in [0.2, 0.25) is 0 Å². The molecule has 1 aliphatic rings. The number of halogens is 2. The quantitative estimate of drug-likeness (QED) is 0.813. The fourth-order valence-corrected chi connectivity index (χ4v) is 2.94. The molecule has 80 valence electrons. The summed E-state index contributed by atoms with van der Waals surface area (Å²) in [6, 6.07) is 9.25. The number of alkyl halides is 2. The van der Waals surface area contributed by atoms with Crippen molar-refractivity contribution in [2.24, 2.45) is 5.41 Å². The number of carbonyl (C=O) groups is 1. The molecule has 2 atom stereocenters. The normalized spacial score (nSPS) is 32.3. The second-order valence-corrected chi connectivity index (χ2v) is 5.36. The van der Waals surface area contributed by atoms with Crippen molar-refractivity contribution in [3.8, 4) is 0 Å². The van der Waals surface area contributed by atoms with Gasteiger partial charge in [0.15, 0.2) is 0 Å². The van der Waals surface area contributed by atoms with Gasteiger partial charge >= 0.3 is 5.97 Å². The van der Waals surface area contributed by atoms with Gasteiger partial charge in [0.2, 0.25) is 0 Å². The van der Waals surface area contributed by atoms with Gasteiger partial charge in [0.25, 0.3) is 0 Å². The van der Waals surface area contributed by atoms with E-state index < -0.39 is 15.7 Å². The van der Waals surface area contributed by atoms with Gasteiger partial charge in [0, 0.05) is 5.92 Å². The van der Waals surface area contributed by atoms with Gasteiger partial charge in [0.05, 0.1) is 0 Å². The molecule has 0 radical (unpaired) electrons. The zero-order valence-electron chi connectivity index (χ0n) is 8.08. The van der Waals surface area contributed by atoms with Crippen molar-refractivity contribution in [3.63, 3.8) is 0 Å². The zero-order chi connectivity index (χ0) is 11.3. The van der Waals surface area contributed by atoms with Crippen LogP contribution in [0.1, 0.15) is 18.4 Å². The molecule has 4 heteroatoms. The van der Waals surface area contributed by atoms with Crippen LogP contribution in [-0.2, 0) is 4.79 Å². The first-order chi connectivity index (χ1) is 6.92. The Labute approximate surface area is 97.8 Å². The highest BCUT2D eigenvalue weighted by atomic mass is 35.5. The SMILES string of the molecule is C[C@]1(C(=O)O)[C@H](c2ccccc2)C1(Cl)Cl. The summed E-state index contributed by atoms with van der Waals surface area (Å²) in [4.78, 5) is 11.1. The lowest BCUT2D eigenvalue weighted by molar-refractivity contribution is -0.142. The van der Waals surface area contributed by atoms with Gasteiger partial charge in [-0.25, -0.2) is 0 Å². The van der Waals surface area contributed by atoms with Gasteiger partial charge in [-0.1, -0.05) is 53.5 Å². The lowest BCUT2D eigenvalue weighted by atomic mass is 10.0. The maximum Gasteiger partial charge on any atom is 0.313 e. The Morgan fingerprint density at radius 3 is 2.27 bits per heavy atom. The molecule has 0 saturated heterocycles. The summed E-state index contributed by atoms with van der Waals surface area (Å²) >= 11 is 12.1. The van der Waals surface area contributed by atoms with Crippen LogP contribution in [0, 0.1) is 5.41 Å². The molecule has 0 aliphatic heterocycles. The Hall–Kier alpha value is -0.730. The highest BCUT2D eigenvalue weighted by Gasteiger charge is 2.78. The fraction of sp³-hybridized carbons (Fsp3) is 0.364. The van der Waals surface area contributed by atoms with Crippen molar-refractivity contribution in [2.75, 3.05) is 0 Å². The number of hydrogen-bond donors (Lipinski definition) is 1. The van der Waals surface area contributed by atoms with Crippen molar-refractivity contribution in [2.45, 2.75) is 17.2 Å². The molecular weight excluding hydrogens is 235 g/mol. The van der Waals surface area contributed by atoms with Crippen LogP contribution in [0.4, 0.5) is 0 Å². The van der Waals surface area contributed by atoms with Crippen molar-refractivity contribution < 1.29 is 9.90 Å². The minimum absolute atomic E-state index is 0.341. The maximum absolute atomic E-state index is 11.1. The maximum atomic E-state index is 11.1. The number of carboxylic acids is 1. The van der Waals surface area contributed by atoms with Gasteiger partial charge in [-0.2, -0.15) is 0 Å². The summed E-state index contributed by atoms with van der Waals surface area (Å²) in [5.41, 5.74) is -0.218. The first-order valence-corrected chi connectivity index (χ1v) is 5.34. The third kappa shape index (κ3) is 1.28. The molecule has 0 aromatic heterocycles. The van der Waals surface area contributed by atoms with Gasteiger partial charge in [-0.05, 0) is 12.5 Å². The molecular formula is C11H10Cl2O2. The standard InChI is InChI=1S/C11H10Cl2O2/c1-10(9(14)15)8(11(10,12)13)7-5-3-2-4-6-7/h2-6,8H,1H3,(H,14,15)/t8-,10+/m0/s1. The number of carboxylic acid groups (broad SMARTS) is 1. The molecule has 1 saturated carbocycles. The first kappa shape index (κ1) is 10.8. The van der Waals surface area contributed by atoms with Crippen LogP contribution in [-0.4, -0.2) is 15.4 Å². The van der Waals surface area contributed by atoms with Crippen LogP contribution in [0.3, 0.4) is 0 Å². The molecule has 1 aliphatic carbocycles. The average Bonchev–Trinajstić information content (AvgIpc) is 2.64. The zero-order valence-corrected chi connectivity index (χ0v) is 9.59. The Bertz CT molecular complexity index is 402. The summed E-state index contributed by atoms with van der Waals surface area (Å²) in [6.45, 7) is 1.58. The molecule has 15 heavy (non-hydrogen) atoms. The monoisotopic (exact) mass is 244 g/mol. The number of benzene rings is 1. The molecule has 0 unspecified atom stereocenters. The molecule has 2 nitrogen and oxygen atoms in total. The second kappa shape index (κ2) is 3.13. The topological polar surface area (TPSA) is 37.3 Å². The largest absolute Gasteiger partial charge is 0.481 e. The van der Waals surface area contributed by atoms with E-state index in [1.165, 1.54) is 0 Å². The molecule has 1 fully saturated rings. The van der Waals surface area contributed by atoms with E-state index in [-0.39, 0.29) is 5.92 Å². The highest BCUT2D eigenvalue weighted by Crippen LogP contribution is 2.73. The van der Waals surface area contributed by atoms with Crippen molar-refractivity contribution in [3.05, 3.63) is 35.9 Å². The third-order valence-electron chi connectivity index (χ3n) is 3.13. The predicted molar refractivity (Wildman–Crippen MR) is 59.4 cm³/mol. The average molecular weight is 245 g/mol. The van der Waals surface area contributed by atoms with Crippen molar-refractivity contribution in [1.29, 1.82) is 0 Å². The van der Waals surface area contributed by atoms with Crippen LogP contribution >= 0.6 is 23.2 Å². The van der Waals surface area contributed by atoms with E-state index in [2.05, 4.69) is 0 Å². The Balaban J connectivity index is 2.39. The summed E-state index contributed by atoms with van der Waals surface area (Å²) in [7, 11) is 0. The van der Waals surface area contributed by atoms with Crippen molar-refractivity contribution >= 4 is 29.2 Å². The number of hydrogen-bond acceptors (Lipinski definition) is 1. The van der Waals surface area contributed by atoms with Gasteiger partial charge in [0.1, 0.15) is 9.75 Å². The van der Waals surface area contributed by atoms with E-state index in [0.717, 1.165) is 5.56 Å². The fourth-order valence-electron chi connectivity index (χ4n) is 1.99. The van der Waals surface area contributed by atoms with Crippen LogP contribution < -0.4 is 0 Å². The summed E-state index contributed by atoms with van der Waals surface area (Å²) in [6.07, 6.45) is 0. The van der Waals surface area contributed by atoms with E-state index in [0.29, 0.717) is 0 Å². The van der Waals surface area contributed by atoms with E-state index in [4.69, 9.17) is 28.3 Å². The summed E-state index contributed by atoms with van der Waals surface area (Å²) in [5, 5.41) is 9.11. The minimum Gasteiger partial charge on any atom is -0.481 e. The molecule has 0 heterocycles. The van der Waals surface area contributed by atoms with E-state index in [1.54, 1.807) is 6.92 Å². The van der Waals surface area contributed by atoms with Gasteiger partial charge in [-0.3, -0.25) is 4.79 Å². The predicted octanol–water partition coefficient (Wildman–Crippen LogP) is 3.05. The minimum atomic E-state index is -1.21. The van der Waals surface area contributed by atoms with Crippen LogP contribution in [0.25, 0.3) is 0 Å². The molecule has 0 spiro atoms. The lowest BCUT2D eigenvalue weighted by Crippen LogP contribution is -2.17. The molecule has 1 N–H and O–H groups in total. The molecule has 0 bridgehead atoms. The molecule has 1 aromatic carbocycles. The van der Waals surface area contributed by atoms with Crippen LogP contribution in [0.5, 0.6) is 0 Å². The third-order valence-corrected chi connectivity index (χ3v) is 4.35. The van der Waals surface area contributed by atoms with Crippen molar-refractivity contribution in [1.82, 2.24) is 0 Å². The van der Waals surface area contributed by atoms with E-state index >= 15 is 0 Å². The van der Waals surface area contributed by atoms with E-state index in [1.807, 2.05) is 30.3 Å². The Kier molecular flexibility index (Phi) is 2.25. The Morgan fingerprint density at radius 1 is 1.33 bits per heavy atom. The highest BCUT2D eigenvalue weighted by molar-refractivity contribution is 6.54. The lowest BCUT2D eigenvalue weighted by Gasteiger charge is -2.03. The smallest absolute Gasteiger partial charge is 0.313 e. The summed E-state index contributed by atoms with van der Waals surface area (Å²) < 4.78 is -1.21. The summed E-state index contributed by atoms with van der Waals surface area (Å²) in [5.74, 6) is -1.30. The molecule has 0 amide bonds. The van der Waals surface area contributed by atoms with Crippen LogP contribution in [0.15, 0.2) is 30.3 Å². The second-order valence-electron chi connectivity index (χ2n) is 3.97. The number of aliphatic carboxylic acids is 1. The number of rotatable bonds is 2. The van der Waals surface area contributed by atoms with E-state index in [9.17, 15) is 4.79 Å². The first-order valence-electron chi connectivity index (χ1n) is 4.58. The van der Waals surface area contributed by atoms with Gasteiger partial charge < -0.3 is 5.11 Å².